The molecule has 0 radical (unpaired) electrons. The summed E-state index contributed by atoms with van der Waals surface area (Å²) in [4.78, 5) is 0. The number of halogens is 3. The molecule has 0 aliphatic rings. The molecule has 0 saturated heterocycles. The Hall–Kier alpha value is -2.92. The molecular formula is C22H22F3NO. The molecule has 0 saturated carbocycles. The Morgan fingerprint density at radius 2 is 1.78 bits per heavy atom. The molecule has 0 N–H and O–H groups in total. The second kappa shape index (κ2) is 10.3. The van der Waals surface area contributed by atoms with Crippen molar-refractivity contribution in [1.82, 2.24) is 0 Å². The maximum absolute atomic E-state index is 13.2. The number of benzene rings is 2. The van der Waals surface area contributed by atoms with Gasteiger partial charge in [0.05, 0.1) is 17.2 Å². The van der Waals surface area contributed by atoms with E-state index in [1.807, 2.05) is 6.07 Å². The molecule has 0 amide bonds. The Labute approximate surface area is 158 Å². The van der Waals surface area contributed by atoms with Crippen LogP contribution in [0.2, 0.25) is 0 Å². The van der Waals surface area contributed by atoms with Gasteiger partial charge in [-0.2, -0.15) is 18.4 Å². The lowest BCUT2D eigenvalue weighted by atomic mass is 10.1. The first-order valence-electron chi connectivity index (χ1n) is 8.57. The fourth-order valence-corrected chi connectivity index (χ4v) is 2.21. The minimum atomic E-state index is -4.51. The third-order valence-corrected chi connectivity index (χ3v) is 3.35. The summed E-state index contributed by atoms with van der Waals surface area (Å²) < 4.78 is 45.1. The summed E-state index contributed by atoms with van der Waals surface area (Å²) in [6.07, 6.45) is -3.76. The number of rotatable bonds is 3. The van der Waals surface area contributed by atoms with E-state index in [1.165, 1.54) is 25.5 Å². The van der Waals surface area contributed by atoms with Gasteiger partial charge in [0.15, 0.2) is 0 Å². The van der Waals surface area contributed by atoms with Gasteiger partial charge in [-0.25, -0.2) is 0 Å². The van der Waals surface area contributed by atoms with Crippen LogP contribution in [0, 0.1) is 23.2 Å². The van der Waals surface area contributed by atoms with Crippen molar-refractivity contribution in [2.45, 2.75) is 46.4 Å². The van der Waals surface area contributed by atoms with Gasteiger partial charge in [-0.1, -0.05) is 38.3 Å². The molecule has 2 nitrogen and oxygen atoms in total. The van der Waals surface area contributed by atoms with Gasteiger partial charge in [0.2, 0.25) is 0 Å². The van der Waals surface area contributed by atoms with E-state index in [-0.39, 0.29) is 11.3 Å². The Bertz CT molecular complexity index is 854. The minimum absolute atomic E-state index is 0.0866. The van der Waals surface area contributed by atoms with Crippen LogP contribution in [-0.2, 0) is 6.18 Å². The maximum Gasteiger partial charge on any atom is 0.417 e. The molecule has 27 heavy (non-hydrogen) atoms. The largest absolute Gasteiger partial charge is 0.486 e. The van der Waals surface area contributed by atoms with Crippen LogP contribution in [0.3, 0.4) is 0 Å². The molecule has 0 aliphatic carbocycles. The van der Waals surface area contributed by atoms with E-state index in [2.05, 4.69) is 25.7 Å². The average molecular weight is 373 g/mol. The SMILES string of the molecule is CC#Cc1ccc(OC(C)c2cccc(C#N)c2)cc1C(F)(F)F.CCC. The first-order chi connectivity index (χ1) is 12.8. The highest BCUT2D eigenvalue weighted by atomic mass is 19.4. The monoisotopic (exact) mass is 373 g/mol. The molecule has 142 valence electrons. The van der Waals surface area contributed by atoms with Gasteiger partial charge in [-0.3, -0.25) is 0 Å². The maximum atomic E-state index is 13.2. The van der Waals surface area contributed by atoms with Gasteiger partial charge in [0.25, 0.3) is 0 Å². The van der Waals surface area contributed by atoms with E-state index in [0.717, 1.165) is 6.07 Å². The lowest BCUT2D eigenvalue weighted by molar-refractivity contribution is -0.137. The molecule has 0 heterocycles. The number of ether oxygens (including phenoxy) is 1. The van der Waals surface area contributed by atoms with Crippen molar-refractivity contribution in [3.8, 4) is 23.7 Å². The normalized spacial score (nSPS) is 11.2. The van der Waals surface area contributed by atoms with Crippen LogP contribution in [0.1, 0.15) is 62.5 Å². The summed E-state index contributed by atoms with van der Waals surface area (Å²) in [7, 11) is 0. The zero-order chi connectivity index (χ0) is 20.4. The van der Waals surface area contributed by atoms with Crippen molar-refractivity contribution in [2.75, 3.05) is 0 Å². The Morgan fingerprint density at radius 1 is 1.11 bits per heavy atom. The Kier molecular flexibility index (Phi) is 8.42. The number of alkyl halides is 3. The van der Waals surface area contributed by atoms with E-state index in [1.54, 1.807) is 31.2 Å². The van der Waals surface area contributed by atoms with Gasteiger partial charge in [0, 0.05) is 5.56 Å². The Balaban J connectivity index is 0.00000114. The van der Waals surface area contributed by atoms with Crippen LogP contribution < -0.4 is 4.74 Å². The summed E-state index contributed by atoms with van der Waals surface area (Å²) in [6.45, 7) is 7.44. The smallest absolute Gasteiger partial charge is 0.417 e. The fraction of sp³-hybridized carbons (Fsp3) is 0.318. The van der Waals surface area contributed by atoms with Gasteiger partial charge in [-0.05, 0) is 49.7 Å². The van der Waals surface area contributed by atoms with Crippen LogP contribution >= 0.6 is 0 Å². The molecule has 0 fully saturated rings. The zero-order valence-corrected chi connectivity index (χ0v) is 15.8. The van der Waals surface area contributed by atoms with Crippen LogP contribution in [0.5, 0.6) is 5.75 Å². The van der Waals surface area contributed by atoms with E-state index >= 15 is 0 Å². The molecule has 1 atom stereocenters. The standard InChI is InChI=1S/C19H14F3NO.C3H8/c1-3-5-15-8-9-17(11-18(15)19(20,21)22)24-13(2)16-7-4-6-14(10-16)12-23;1-3-2/h4,6-11,13H,1-2H3;3H2,1-2H3. The van der Waals surface area contributed by atoms with Crippen LogP contribution in [0.15, 0.2) is 42.5 Å². The molecule has 0 spiro atoms. The summed E-state index contributed by atoms with van der Waals surface area (Å²) in [5.74, 6) is 5.02. The highest BCUT2D eigenvalue weighted by Gasteiger charge is 2.33. The molecule has 0 bridgehead atoms. The summed E-state index contributed by atoms with van der Waals surface area (Å²) in [5, 5.41) is 8.91. The molecule has 2 rings (SSSR count). The first kappa shape index (κ1) is 22.1. The van der Waals surface area contributed by atoms with Gasteiger partial charge in [-0.15, -0.1) is 5.92 Å². The van der Waals surface area contributed by atoms with E-state index < -0.39 is 17.8 Å². The topological polar surface area (TPSA) is 33.0 Å². The lowest BCUT2D eigenvalue weighted by Gasteiger charge is -2.17. The lowest BCUT2D eigenvalue weighted by Crippen LogP contribution is -2.09. The fourth-order valence-electron chi connectivity index (χ4n) is 2.21. The van der Waals surface area contributed by atoms with E-state index in [9.17, 15) is 13.2 Å². The summed E-state index contributed by atoms with van der Waals surface area (Å²) in [5.41, 5.74) is 0.261. The number of nitrogens with zero attached hydrogens (tertiary/aromatic N) is 1. The predicted molar refractivity (Wildman–Crippen MR) is 100 cm³/mol. The van der Waals surface area contributed by atoms with Crippen molar-refractivity contribution in [3.63, 3.8) is 0 Å². The third kappa shape index (κ3) is 6.72. The number of hydrogen-bond donors (Lipinski definition) is 0. The molecule has 0 aliphatic heterocycles. The quantitative estimate of drug-likeness (QED) is 0.575. The molecule has 2 aromatic carbocycles. The van der Waals surface area contributed by atoms with Crippen molar-refractivity contribution < 1.29 is 17.9 Å². The molecule has 0 aromatic heterocycles. The summed E-state index contributed by atoms with van der Waals surface area (Å²) >= 11 is 0. The van der Waals surface area contributed by atoms with Crippen molar-refractivity contribution >= 4 is 0 Å². The van der Waals surface area contributed by atoms with Gasteiger partial charge < -0.3 is 4.74 Å². The van der Waals surface area contributed by atoms with E-state index in [4.69, 9.17) is 10.00 Å². The van der Waals surface area contributed by atoms with E-state index in [0.29, 0.717) is 11.1 Å². The molecular weight excluding hydrogens is 351 g/mol. The molecule has 5 heteroatoms. The van der Waals surface area contributed by atoms with Crippen molar-refractivity contribution in [2.24, 2.45) is 0 Å². The first-order valence-corrected chi connectivity index (χ1v) is 8.57. The van der Waals surface area contributed by atoms with Crippen molar-refractivity contribution in [3.05, 3.63) is 64.7 Å². The number of hydrogen-bond acceptors (Lipinski definition) is 2. The zero-order valence-electron chi connectivity index (χ0n) is 15.8. The van der Waals surface area contributed by atoms with Crippen LogP contribution in [0.25, 0.3) is 0 Å². The second-order valence-electron chi connectivity index (χ2n) is 5.78. The van der Waals surface area contributed by atoms with Crippen molar-refractivity contribution in [1.29, 1.82) is 5.26 Å². The molecule has 2 aromatic rings. The van der Waals surface area contributed by atoms with Gasteiger partial charge in [0.1, 0.15) is 11.9 Å². The average Bonchev–Trinajstić information content (AvgIpc) is 2.63. The predicted octanol–water partition coefficient (Wildman–Crippen LogP) is 6.50. The van der Waals surface area contributed by atoms with Crippen LogP contribution in [0.4, 0.5) is 13.2 Å². The third-order valence-electron chi connectivity index (χ3n) is 3.35. The van der Waals surface area contributed by atoms with Crippen LogP contribution in [-0.4, -0.2) is 0 Å². The minimum Gasteiger partial charge on any atom is -0.486 e. The number of nitriles is 1. The highest BCUT2D eigenvalue weighted by molar-refractivity contribution is 5.47. The Morgan fingerprint density at radius 3 is 2.33 bits per heavy atom. The molecule has 1 unspecified atom stereocenters. The highest BCUT2D eigenvalue weighted by Crippen LogP contribution is 2.35. The second-order valence-corrected chi connectivity index (χ2v) is 5.78. The van der Waals surface area contributed by atoms with Gasteiger partial charge >= 0.3 is 6.18 Å². The summed E-state index contributed by atoms with van der Waals surface area (Å²) in [6, 6.07) is 12.5.